The molecule has 32 heavy (non-hydrogen) atoms. The number of carbonyl (C=O) groups is 1. The summed E-state index contributed by atoms with van der Waals surface area (Å²) in [6.07, 6.45) is 5.73. The van der Waals surface area contributed by atoms with Gasteiger partial charge in [0.2, 0.25) is 10.0 Å². The predicted molar refractivity (Wildman–Crippen MR) is 125 cm³/mol. The maximum atomic E-state index is 13.1. The Kier molecular flexibility index (Phi) is 6.38. The molecule has 9 heteroatoms. The second-order valence-electron chi connectivity index (χ2n) is 8.02. The molecule has 0 radical (unpaired) electrons. The first-order chi connectivity index (χ1) is 15.4. The number of pyridine rings is 1. The van der Waals surface area contributed by atoms with Crippen molar-refractivity contribution in [3.8, 4) is 0 Å². The Bertz CT molecular complexity index is 1260. The highest BCUT2D eigenvalue weighted by molar-refractivity contribution is 7.88. The SMILES string of the molecule is C=CCNS(=O)(=O)Cc1ccc(NC(=O)c2cc(C)nc3c2nc2n3CCCCC2)cc1. The normalized spacial score (nSPS) is 14.0. The van der Waals surface area contributed by atoms with Crippen LogP contribution in [-0.2, 0) is 28.7 Å². The number of hydrogen-bond acceptors (Lipinski definition) is 5. The maximum Gasteiger partial charge on any atom is 0.258 e. The van der Waals surface area contributed by atoms with Gasteiger partial charge in [-0.25, -0.2) is 23.1 Å². The van der Waals surface area contributed by atoms with E-state index in [0.29, 0.717) is 22.3 Å². The van der Waals surface area contributed by atoms with Crippen LogP contribution in [0.15, 0.2) is 43.0 Å². The van der Waals surface area contributed by atoms with Crippen molar-refractivity contribution in [1.29, 1.82) is 0 Å². The molecular weight excluding hydrogens is 426 g/mol. The van der Waals surface area contributed by atoms with E-state index in [9.17, 15) is 13.2 Å². The molecule has 3 heterocycles. The van der Waals surface area contributed by atoms with Gasteiger partial charge in [-0.05, 0) is 43.5 Å². The first-order valence-electron chi connectivity index (χ1n) is 10.7. The van der Waals surface area contributed by atoms with Gasteiger partial charge in [-0.15, -0.1) is 6.58 Å². The summed E-state index contributed by atoms with van der Waals surface area (Å²) in [7, 11) is -3.44. The van der Waals surface area contributed by atoms with Crippen molar-refractivity contribution in [2.24, 2.45) is 0 Å². The lowest BCUT2D eigenvalue weighted by Gasteiger charge is -2.09. The van der Waals surface area contributed by atoms with E-state index in [4.69, 9.17) is 4.98 Å². The Morgan fingerprint density at radius 3 is 2.72 bits per heavy atom. The Morgan fingerprint density at radius 2 is 1.97 bits per heavy atom. The van der Waals surface area contributed by atoms with Crippen molar-refractivity contribution in [3.05, 3.63) is 65.6 Å². The van der Waals surface area contributed by atoms with Gasteiger partial charge in [-0.2, -0.15) is 0 Å². The summed E-state index contributed by atoms with van der Waals surface area (Å²) in [6.45, 7) is 6.44. The highest BCUT2D eigenvalue weighted by Crippen LogP contribution is 2.25. The number of hydrogen-bond donors (Lipinski definition) is 2. The summed E-state index contributed by atoms with van der Waals surface area (Å²) in [5.74, 6) is 0.585. The smallest absolute Gasteiger partial charge is 0.258 e. The quantitative estimate of drug-likeness (QED) is 0.534. The standard InChI is InChI=1S/C23H27N5O3S/c1-3-12-24-32(30,31)15-17-8-10-18(11-9-17)26-23(29)19-14-16(2)25-22-21(19)27-20-7-5-4-6-13-28(20)22/h3,8-11,14,24H,1,4-7,12-13,15H2,2H3,(H,26,29). The Labute approximate surface area is 187 Å². The van der Waals surface area contributed by atoms with E-state index >= 15 is 0 Å². The molecule has 0 atom stereocenters. The average Bonchev–Trinajstić information content (AvgIpc) is 2.93. The summed E-state index contributed by atoms with van der Waals surface area (Å²) in [5, 5.41) is 2.90. The van der Waals surface area contributed by atoms with Crippen LogP contribution in [0, 0.1) is 6.92 Å². The lowest BCUT2D eigenvalue weighted by Crippen LogP contribution is -2.25. The van der Waals surface area contributed by atoms with Gasteiger partial charge in [-0.1, -0.05) is 24.6 Å². The molecule has 1 aliphatic rings. The lowest BCUT2D eigenvalue weighted by atomic mass is 10.1. The van der Waals surface area contributed by atoms with Crippen molar-refractivity contribution in [2.45, 2.75) is 44.9 Å². The van der Waals surface area contributed by atoms with Crippen LogP contribution >= 0.6 is 0 Å². The fourth-order valence-corrected chi connectivity index (χ4v) is 5.03. The number of anilines is 1. The number of nitrogens with one attached hydrogen (secondary N) is 2. The van der Waals surface area contributed by atoms with E-state index in [1.54, 1.807) is 30.3 Å². The molecule has 2 N–H and O–H groups in total. The van der Waals surface area contributed by atoms with Crippen molar-refractivity contribution in [1.82, 2.24) is 19.3 Å². The molecule has 168 valence electrons. The molecule has 0 spiro atoms. The third kappa shape index (κ3) is 4.89. The van der Waals surface area contributed by atoms with Crippen molar-refractivity contribution in [3.63, 3.8) is 0 Å². The van der Waals surface area contributed by atoms with E-state index in [2.05, 4.69) is 26.2 Å². The number of benzene rings is 1. The van der Waals surface area contributed by atoms with E-state index in [1.165, 1.54) is 12.5 Å². The zero-order valence-electron chi connectivity index (χ0n) is 18.1. The minimum Gasteiger partial charge on any atom is -0.322 e. The molecule has 1 aliphatic heterocycles. The summed E-state index contributed by atoms with van der Waals surface area (Å²) < 4.78 is 28.6. The molecule has 2 aromatic heterocycles. The molecule has 0 saturated carbocycles. The molecule has 0 aliphatic carbocycles. The lowest BCUT2D eigenvalue weighted by molar-refractivity contribution is 0.102. The van der Waals surface area contributed by atoms with Crippen LogP contribution in [0.5, 0.6) is 0 Å². The largest absolute Gasteiger partial charge is 0.322 e. The molecule has 0 unspecified atom stereocenters. The maximum absolute atomic E-state index is 13.1. The number of aromatic nitrogens is 3. The average molecular weight is 454 g/mol. The highest BCUT2D eigenvalue weighted by atomic mass is 32.2. The summed E-state index contributed by atoms with van der Waals surface area (Å²) in [5.41, 5.74) is 3.86. The van der Waals surface area contributed by atoms with Crippen molar-refractivity contribution >= 4 is 32.8 Å². The van der Waals surface area contributed by atoms with Crippen LogP contribution < -0.4 is 10.0 Å². The number of carbonyl (C=O) groups excluding carboxylic acids is 1. The van der Waals surface area contributed by atoms with Gasteiger partial charge in [0.15, 0.2) is 5.65 Å². The highest BCUT2D eigenvalue weighted by Gasteiger charge is 2.21. The van der Waals surface area contributed by atoms with Gasteiger partial charge in [-0.3, -0.25) is 4.79 Å². The van der Waals surface area contributed by atoms with Crippen LogP contribution in [0.3, 0.4) is 0 Å². The minimum atomic E-state index is -3.44. The van der Waals surface area contributed by atoms with E-state index in [1.807, 2.05) is 6.92 Å². The number of imidazole rings is 1. The van der Waals surface area contributed by atoms with Gasteiger partial charge in [0.05, 0.1) is 11.3 Å². The van der Waals surface area contributed by atoms with Crippen LogP contribution in [0.4, 0.5) is 5.69 Å². The molecule has 0 saturated heterocycles. The number of aryl methyl sites for hydroxylation is 3. The fraction of sp³-hybridized carbons (Fsp3) is 0.348. The van der Waals surface area contributed by atoms with E-state index in [0.717, 1.165) is 43.0 Å². The monoisotopic (exact) mass is 453 g/mol. The number of nitrogens with zero attached hydrogens (tertiary/aromatic N) is 3. The van der Waals surface area contributed by atoms with Gasteiger partial charge < -0.3 is 9.88 Å². The van der Waals surface area contributed by atoms with Crippen LogP contribution in [0.1, 0.15) is 46.7 Å². The first-order valence-corrected chi connectivity index (χ1v) is 12.4. The topological polar surface area (TPSA) is 106 Å². The van der Waals surface area contributed by atoms with Gasteiger partial charge in [0.25, 0.3) is 5.91 Å². The Hall–Kier alpha value is -3.04. The van der Waals surface area contributed by atoms with E-state index in [-0.39, 0.29) is 18.2 Å². The second kappa shape index (κ2) is 9.22. The molecule has 1 aromatic carbocycles. The molecule has 0 fully saturated rings. The molecular formula is C23H27N5O3S. The van der Waals surface area contributed by atoms with Gasteiger partial charge >= 0.3 is 0 Å². The minimum absolute atomic E-state index is 0.139. The third-order valence-corrected chi connectivity index (χ3v) is 6.77. The Morgan fingerprint density at radius 1 is 1.19 bits per heavy atom. The molecule has 4 rings (SSSR count). The summed E-state index contributed by atoms with van der Waals surface area (Å²) in [6, 6.07) is 8.54. The van der Waals surface area contributed by atoms with Crippen molar-refractivity contribution in [2.75, 3.05) is 11.9 Å². The third-order valence-electron chi connectivity index (χ3n) is 5.45. The summed E-state index contributed by atoms with van der Waals surface area (Å²) >= 11 is 0. The van der Waals surface area contributed by atoms with Gasteiger partial charge in [0, 0.05) is 30.9 Å². The number of amides is 1. The number of sulfonamides is 1. The number of rotatable bonds is 7. The zero-order valence-corrected chi connectivity index (χ0v) is 18.9. The number of fused-ring (bicyclic) bond motifs is 3. The van der Waals surface area contributed by atoms with Crippen LogP contribution in [0.25, 0.3) is 11.2 Å². The van der Waals surface area contributed by atoms with E-state index < -0.39 is 10.0 Å². The molecule has 1 amide bonds. The van der Waals surface area contributed by atoms with Crippen molar-refractivity contribution < 1.29 is 13.2 Å². The fourth-order valence-electron chi connectivity index (χ4n) is 3.93. The molecule has 3 aromatic rings. The van der Waals surface area contributed by atoms with Crippen LogP contribution in [0.2, 0.25) is 0 Å². The molecule has 0 bridgehead atoms. The van der Waals surface area contributed by atoms with Crippen LogP contribution in [-0.4, -0.2) is 35.4 Å². The zero-order chi connectivity index (χ0) is 22.7. The predicted octanol–water partition coefficient (Wildman–Crippen LogP) is 3.32. The van der Waals surface area contributed by atoms with Gasteiger partial charge in [0.1, 0.15) is 11.3 Å². The first kappa shape index (κ1) is 22.2. The molecule has 8 nitrogen and oxygen atoms in total. The summed E-state index contributed by atoms with van der Waals surface area (Å²) in [4.78, 5) is 22.5. The Balaban J connectivity index is 1.55. The second-order valence-corrected chi connectivity index (χ2v) is 9.83.